The van der Waals surface area contributed by atoms with E-state index in [-0.39, 0.29) is 17.9 Å². The summed E-state index contributed by atoms with van der Waals surface area (Å²) < 4.78 is 4.82. The van der Waals surface area contributed by atoms with Gasteiger partial charge in [-0.15, -0.1) is 0 Å². The van der Waals surface area contributed by atoms with Gasteiger partial charge in [-0.25, -0.2) is 4.79 Å². The van der Waals surface area contributed by atoms with Crippen molar-refractivity contribution in [3.63, 3.8) is 0 Å². The monoisotopic (exact) mass is 291 g/mol. The van der Waals surface area contributed by atoms with Crippen LogP contribution in [0, 0.1) is 0 Å². The summed E-state index contributed by atoms with van der Waals surface area (Å²) in [6, 6.07) is 5.47. The molecular weight excluding hydrogens is 270 g/mol. The molecule has 1 aliphatic rings. The van der Waals surface area contributed by atoms with E-state index < -0.39 is 0 Å². The molecule has 1 fully saturated rings. The maximum atomic E-state index is 11.9. The predicted molar refractivity (Wildman–Crippen MR) is 81.2 cm³/mol. The van der Waals surface area contributed by atoms with Gasteiger partial charge in [-0.1, -0.05) is 0 Å². The number of nitrogens with one attached hydrogen (secondary N) is 1. The van der Waals surface area contributed by atoms with Gasteiger partial charge >= 0.3 is 5.97 Å². The normalized spacial score (nSPS) is 15.6. The van der Waals surface area contributed by atoms with E-state index in [1.807, 2.05) is 6.07 Å². The summed E-state index contributed by atoms with van der Waals surface area (Å²) in [6.45, 7) is 3.08. The zero-order chi connectivity index (χ0) is 15.4. The quantitative estimate of drug-likeness (QED) is 0.645. The van der Waals surface area contributed by atoms with Crippen LogP contribution in [0.2, 0.25) is 0 Å². The van der Waals surface area contributed by atoms with Gasteiger partial charge in [-0.05, 0) is 31.0 Å². The number of ether oxygens (including phenoxy) is 1. The van der Waals surface area contributed by atoms with Crippen molar-refractivity contribution in [1.29, 1.82) is 0 Å². The van der Waals surface area contributed by atoms with Crippen LogP contribution in [0.15, 0.2) is 18.2 Å². The molecule has 6 heteroatoms. The fourth-order valence-corrected chi connectivity index (χ4v) is 2.66. The van der Waals surface area contributed by atoms with Gasteiger partial charge < -0.3 is 20.7 Å². The van der Waals surface area contributed by atoms with E-state index in [0.717, 1.165) is 31.6 Å². The third kappa shape index (κ3) is 3.65. The maximum Gasteiger partial charge on any atom is 0.340 e. The fourth-order valence-electron chi connectivity index (χ4n) is 2.66. The highest BCUT2D eigenvalue weighted by molar-refractivity contribution is 5.97. The van der Waals surface area contributed by atoms with Crippen LogP contribution >= 0.6 is 0 Å². The number of nitrogen functional groups attached to an aromatic ring is 1. The average molecular weight is 291 g/mol. The number of esters is 1. The lowest BCUT2D eigenvalue weighted by Crippen LogP contribution is -2.44. The van der Waals surface area contributed by atoms with Crippen molar-refractivity contribution in [3.8, 4) is 0 Å². The lowest BCUT2D eigenvalue weighted by Gasteiger charge is -2.34. The number of hydrogen-bond acceptors (Lipinski definition) is 5. The molecule has 1 aromatic rings. The van der Waals surface area contributed by atoms with Gasteiger partial charge in [0.1, 0.15) is 0 Å². The molecule has 0 bridgehead atoms. The van der Waals surface area contributed by atoms with E-state index in [9.17, 15) is 9.59 Å². The molecular formula is C15H21N3O3. The van der Waals surface area contributed by atoms with Crippen LogP contribution in [0.5, 0.6) is 0 Å². The molecule has 2 rings (SSSR count). The second-order valence-corrected chi connectivity index (χ2v) is 5.23. The van der Waals surface area contributed by atoms with Gasteiger partial charge in [0, 0.05) is 31.7 Å². The van der Waals surface area contributed by atoms with Crippen molar-refractivity contribution in [2.75, 3.05) is 30.8 Å². The topological polar surface area (TPSA) is 84.7 Å². The summed E-state index contributed by atoms with van der Waals surface area (Å²) in [5.74, 6) is -0.391. The Balaban J connectivity index is 2.13. The van der Waals surface area contributed by atoms with E-state index in [1.54, 1.807) is 12.1 Å². The van der Waals surface area contributed by atoms with Crippen LogP contribution < -0.4 is 16.0 Å². The Kier molecular flexibility index (Phi) is 4.67. The highest BCUT2D eigenvalue weighted by Crippen LogP contribution is 2.27. The molecule has 0 radical (unpaired) electrons. The van der Waals surface area contributed by atoms with Crippen molar-refractivity contribution in [2.24, 2.45) is 0 Å². The highest BCUT2D eigenvalue weighted by Gasteiger charge is 2.23. The zero-order valence-corrected chi connectivity index (χ0v) is 12.4. The first kappa shape index (κ1) is 15.2. The number of carbonyl (C=O) groups excluding carboxylic acids is 2. The number of anilines is 2. The molecule has 21 heavy (non-hydrogen) atoms. The number of nitrogens with two attached hydrogens (primary N) is 1. The number of carbonyl (C=O) groups is 2. The van der Waals surface area contributed by atoms with Crippen LogP contribution in [0.1, 0.15) is 30.1 Å². The summed E-state index contributed by atoms with van der Waals surface area (Å²) in [7, 11) is 1.36. The standard InChI is InChI=1S/C15H21N3O3/c1-10(19)17-12-5-7-18(8-6-12)14-4-3-11(16)9-13(14)15(20)21-2/h3-4,9,12H,5-8,16H2,1-2H3,(H,17,19). The first-order valence-electron chi connectivity index (χ1n) is 7.01. The Morgan fingerprint density at radius 3 is 2.57 bits per heavy atom. The molecule has 0 atom stereocenters. The lowest BCUT2D eigenvalue weighted by atomic mass is 10.0. The van der Waals surface area contributed by atoms with Crippen LogP contribution in [0.3, 0.4) is 0 Å². The zero-order valence-electron chi connectivity index (χ0n) is 12.4. The molecule has 0 unspecified atom stereocenters. The molecule has 6 nitrogen and oxygen atoms in total. The minimum atomic E-state index is -0.388. The number of piperidine rings is 1. The number of hydrogen-bond donors (Lipinski definition) is 2. The maximum absolute atomic E-state index is 11.9. The van der Waals surface area contributed by atoms with Crippen LogP contribution in [0.4, 0.5) is 11.4 Å². The first-order valence-corrected chi connectivity index (χ1v) is 7.01. The summed E-state index contributed by atoms with van der Waals surface area (Å²) in [5, 5.41) is 2.93. The summed E-state index contributed by atoms with van der Waals surface area (Å²) >= 11 is 0. The first-order chi connectivity index (χ1) is 10.0. The van der Waals surface area contributed by atoms with Gasteiger partial charge in [0.25, 0.3) is 0 Å². The average Bonchev–Trinajstić information content (AvgIpc) is 2.47. The van der Waals surface area contributed by atoms with Crippen LogP contribution in [-0.2, 0) is 9.53 Å². The molecule has 1 amide bonds. The Labute approximate surface area is 124 Å². The Morgan fingerprint density at radius 1 is 1.33 bits per heavy atom. The van der Waals surface area contributed by atoms with E-state index in [4.69, 9.17) is 10.5 Å². The minimum Gasteiger partial charge on any atom is -0.465 e. The minimum absolute atomic E-state index is 0.00353. The number of amides is 1. The van der Waals surface area contributed by atoms with Gasteiger partial charge in [0.15, 0.2) is 0 Å². The smallest absolute Gasteiger partial charge is 0.340 e. The highest BCUT2D eigenvalue weighted by atomic mass is 16.5. The molecule has 1 heterocycles. The number of methoxy groups -OCH3 is 1. The molecule has 114 valence electrons. The second kappa shape index (κ2) is 6.47. The molecule has 1 aromatic carbocycles. The third-order valence-corrected chi connectivity index (χ3v) is 3.67. The van der Waals surface area contributed by atoms with Crippen molar-refractivity contribution >= 4 is 23.3 Å². The van der Waals surface area contributed by atoms with Crippen molar-refractivity contribution < 1.29 is 14.3 Å². The van der Waals surface area contributed by atoms with E-state index >= 15 is 0 Å². The molecule has 1 aliphatic heterocycles. The predicted octanol–water partition coefficient (Wildman–Crippen LogP) is 1.16. The Bertz CT molecular complexity index is 537. The van der Waals surface area contributed by atoms with Crippen LogP contribution in [-0.4, -0.2) is 38.1 Å². The molecule has 1 saturated heterocycles. The van der Waals surface area contributed by atoms with Gasteiger partial charge in [-0.3, -0.25) is 4.79 Å². The molecule has 3 N–H and O–H groups in total. The second-order valence-electron chi connectivity index (χ2n) is 5.23. The number of rotatable bonds is 3. The van der Waals surface area contributed by atoms with Gasteiger partial charge in [0.05, 0.1) is 18.4 Å². The van der Waals surface area contributed by atoms with Crippen molar-refractivity contribution in [3.05, 3.63) is 23.8 Å². The summed E-state index contributed by atoms with van der Waals surface area (Å²) in [6.07, 6.45) is 1.70. The molecule has 0 saturated carbocycles. The molecule has 0 aliphatic carbocycles. The van der Waals surface area contributed by atoms with E-state index in [0.29, 0.717) is 11.3 Å². The SMILES string of the molecule is COC(=O)c1cc(N)ccc1N1CCC(NC(C)=O)CC1. The van der Waals surface area contributed by atoms with Gasteiger partial charge in [0.2, 0.25) is 5.91 Å². The van der Waals surface area contributed by atoms with Crippen molar-refractivity contribution in [1.82, 2.24) is 5.32 Å². The molecule has 0 spiro atoms. The molecule has 0 aromatic heterocycles. The summed E-state index contributed by atoms with van der Waals surface area (Å²) in [4.78, 5) is 25.1. The largest absolute Gasteiger partial charge is 0.465 e. The summed E-state index contributed by atoms with van der Waals surface area (Å²) in [5.41, 5.74) is 7.60. The van der Waals surface area contributed by atoms with E-state index in [2.05, 4.69) is 10.2 Å². The number of nitrogens with zero attached hydrogens (tertiary/aromatic N) is 1. The van der Waals surface area contributed by atoms with Crippen LogP contribution in [0.25, 0.3) is 0 Å². The third-order valence-electron chi connectivity index (χ3n) is 3.67. The Hall–Kier alpha value is -2.24. The fraction of sp³-hybridized carbons (Fsp3) is 0.467. The Morgan fingerprint density at radius 2 is 2.00 bits per heavy atom. The lowest BCUT2D eigenvalue weighted by molar-refractivity contribution is -0.119. The van der Waals surface area contributed by atoms with E-state index in [1.165, 1.54) is 14.0 Å². The van der Waals surface area contributed by atoms with Gasteiger partial charge in [-0.2, -0.15) is 0 Å². The number of benzene rings is 1. The van der Waals surface area contributed by atoms with Crippen molar-refractivity contribution in [2.45, 2.75) is 25.8 Å².